The number of hydrogen-bond acceptors (Lipinski definition) is 3. The normalized spacial score (nSPS) is 17.6. The van der Waals surface area contributed by atoms with E-state index in [1.807, 2.05) is 46.8 Å². The van der Waals surface area contributed by atoms with Crippen molar-refractivity contribution in [1.82, 2.24) is 19.5 Å². The van der Waals surface area contributed by atoms with Gasteiger partial charge in [0.15, 0.2) is 5.65 Å². The molecule has 0 saturated carbocycles. The zero-order chi connectivity index (χ0) is 18.1. The van der Waals surface area contributed by atoms with Crippen LogP contribution in [0.25, 0.3) is 5.65 Å². The Hall–Kier alpha value is -2.69. The van der Waals surface area contributed by atoms with Crippen LogP contribution in [0.5, 0.6) is 0 Å². The summed E-state index contributed by atoms with van der Waals surface area (Å²) in [6.07, 6.45) is 5.43. The third-order valence-electron chi connectivity index (χ3n) is 5.11. The molecule has 1 saturated heterocycles. The van der Waals surface area contributed by atoms with Gasteiger partial charge in [-0.2, -0.15) is 5.10 Å². The highest BCUT2D eigenvalue weighted by Gasteiger charge is 2.30. The van der Waals surface area contributed by atoms with Gasteiger partial charge in [0, 0.05) is 18.8 Å². The maximum Gasteiger partial charge on any atom is 0.227 e. The predicted octanol–water partition coefficient (Wildman–Crippen LogP) is 3.64. The van der Waals surface area contributed by atoms with Gasteiger partial charge in [0.25, 0.3) is 0 Å². The largest absolute Gasteiger partial charge is 0.334 e. The number of carbonyl (C=O) groups is 1. The Balaban J connectivity index is 1.64. The number of hydrogen-bond donors (Lipinski definition) is 0. The molecule has 1 aliphatic rings. The molecular weight excluding hydrogens is 324 g/mol. The van der Waals surface area contributed by atoms with Crippen LogP contribution in [0.3, 0.4) is 0 Å². The van der Waals surface area contributed by atoms with Gasteiger partial charge in [-0.1, -0.05) is 29.8 Å². The minimum absolute atomic E-state index is 0.0610. The number of aromatic nitrogens is 3. The van der Waals surface area contributed by atoms with Crippen LogP contribution in [0.15, 0.2) is 42.6 Å². The zero-order valence-electron chi connectivity index (χ0n) is 15.4. The molecule has 134 valence electrons. The molecule has 3 aromatic rings. The van der Waals surface area contributed by atoms with E-state index in [1.54, 1.807) is 0 Å². The molecule has 1 atom stereocenters. The summed E-state index contributed by atoms with van der Waals surface area (Å²) in [6.45, 7) is 4.84. The number of rotatable bonds is 3. The molecule has 1 aliphatic heterocycles. The maximum absolute atomic E-state index is 13.1. The second kappa shape index (κ2) is 6.90. The smallest absolute Gasteiger partial charge is 0.227 e. The first-order valence-electron chi connectivity index (χ1n) is 9.28. The number of aryl methyl sites for hydroxylation is 2. The number of amides is 1. The Bertz CT molecular complexity index is 946. The quantitative estimate of drug-likeness (QED) is 0.726. The van der Waals surface area contributed by atoms with Gasteiger partial charge in [0.1, 0.15) is 0 Å². The molecule has 2 aromatic heterocycles. The van der Waals surface area contributed by atoms with E-state index in [2.05, 4.69) is 29.1 Å². The SMILES string of the molecule is Cc1cccc(CC(=O)N2CCCC[C@@H]2c2ccnc3cc(C)nn23)c1. The molecule has 0 N–H and O–H groups in total. The molecule has 0 aliphatic carbocycles. The summed E-state index contributed by atoms with van der Waals surface area (Å²) < 4.78 is 1.90. The van der Waals surface area contributed by atoms with Crippen LogP contribution in [-0.2, 0) is 11.2 Å². The zero-order valence-corrected chi connectivity index (χ0v) is 15.4. The fourth-order valence-electron chi connectivity index (χ4n) is 3.92. The number of benzene rings is 1. The van der Waals surface area contributed by atoms with Gasteiger partial charge in [-0.3, -0.25) is 4.79 Å². The molecule has 26 heavy (non-hydrogen) atoms. The Kier molecular flexibility index (Phi) is 4.45. The van der Waals surface area contributed by atoms with Crippen molar-refractivity contribution in [2.75, 3.05) is 6.54 Å². The molecule has 3 heterocycles. The lowest BCUT2D eigenvalue weighted by molar-refractivity contribution is -0.134. The lowest BCUT2D eigenvalue weighted by Gasteiger charge is -2.36. The van der Waals surface area contributed by atoms with Gasteiger partial charge >= 0.3 is 0 Å². The van der Waals surface area contributed by atoms with Gasteiger partial charge in [-0.15, -0.1) is 0 Å². The van der Waals surface area contributed by atoms with Gasteiger partial charge < -0.3 is 4.90 Å². The first-order chi connectivity index (χ1) is 12.6. The van der Waals surface area contributed by atoms with Gasteiger partial charge in [-0.25, -0.2) is 9.50 Å². The Morgan fingerprint density at radius 3 is 2.92 bits per heavy atom. The van der Waals surface area contributed by atoms with E-state index >= 15 is 0 Å². The molecular formula is C21H24N4O. The number of fused-ring (bicyclic) bond motifs is 1. The van der Waals surface area contributed by atoms with E-state index in [1.165, 1.54) is 5.56 Å². The molecule has 0 unspecified atom stereocenters. The summed E-state index contributed by atoms with van der Waals surface area (Å²) in [7, 11) is 0. The van der Waals surface area contributed by atoms with Crippen LogP contribution in [0.1, 0.15) is 47.8 Å². The van der Waals surface area contributed by atoms with E-state index in [4.69, 9.17) is 0 Å². The second-order valence-electron chi connectivity index (χ2n) is 7.19. The van der Waals surface area contributed by atoms with E-state index in [0.717, 1.165) is 48.4 Å². The van der Waals surface area contributed by atoms with Crippen molar-refractivity contribution in [2.24, 2.45) is 0 Å². The van der Waals surface area contributed by atoms with Crippen molar-refractivity contribution in [3.8, 4) is 0 Å². The standard InChI is InChI=1S/C21H24N4O/c1-15-6-5-7-17(12-15)14-21(26)24-11-4-3-8-18(24)19-9-10-22-20-13-16(2)23-25(19)20/h5-7,9-10,12-13,18H,3-4,8,11,14H2,1-2H3/t18-/m1/s1. The monoisotopic (exact) mass is 348 g/mol. The van der Waals surface area contributed by atoms with E-state index in [0.29, 0.717) is 6.42 Å². The summed E-state index contributed by atoms with van der Waals surface area (Å²) in [5.41, 5.74) is 5.11. The predicted molar refractivity (Wildman–Crippen MR) is 101 cm³/mol. The van der Waals surface area contributed by atoms with E-state index < -0.39 is 0 Å². The minimum Gasteiger partial charge on any atom is -0.334 e. The van der Waals surface area contributed by atoms with Crippen LogP contribution in [0, 0.1) is 13.8 Å². The van der Waals surface area contributed by atoms with Crippen molar-refractivity contribution in [3.63, 3.8) is 0 Å². The topological polar surface area (TPSA) is 50.5 Å². The molecule has 4 rings (SSSR count). The highest BCUT2D eigenvalue weighted by Crippen LogP contribution is 2.31. The van der Waals surface area contributed by atoms with Crippen molar-refractivity contribution >= 4 is 11.6 Å². The average Bonchev–Trinajstić information content (AvgIpc) is 3.02. The molecule has 0 spiro atoms. The Labute approximate surface area is 153 Å². The Morgan fingerprint density at radius 2 is 2.08 bits per heavy atom. The van der Waals surface area contributed by atoms with E-state index in [-0.39, 0.29) is 11.9 Å². The number of likely N-dealkylation sites (tertiary alicyclic amines) is 1. The highest BCUT2D eigenvalue weighted by atomic mass is 16.2. The van der Waals surface area contributed by atoms with Crippen molar-refractivity contribution in [2.45, 2.75) is 45.6 Å². The molecule has 1 aromatic carbocycles. The molecule has 1 fully saturated rings. The average molecular weight is 348 g/mol. The molecule has 1 amide bonds. The fourth-order valence-corrected chi connectivity index (χ4v) is 3.92. The lowest BCUT2D eigenvalue weighted by Crippen LogP contribution is -2.40. The van der Waals surface area contributed by atoms with Gasteiger partial charge in [0.2, 0.25) is 5.91 Å². The minimum atomic E-state index is 0.0610. The van der Waals surface area contributed by atoms with Crippen molar-refractivity contribution < 1.29 is 4.79 Å². The summed E-state index contributed by atoms with van der Waals surface area (Å²) >= 11 is 0. The fraction of sp³-hybridized carbons (Fsp3) is 0.381. The van der Waals surface area contributed by atoms with Gasteiger partial charge in [0.05, 0.1) is 23.9 Å². The van der Waals surface area contributed by atoms with Crippen LogP contribution in [-0.4, -0.2) is 31.9 Å². The maximum atomic E-state index is 13.1. The molecule has 0 radical (unpaired) electrons. The first-order valence-corrected chi connectivity index (χ1v) is 9.28. The van der Waals surface area contributed by atoms with Crippen LogP contribution in [0.2, 0.25) is 0 Å². The van der Waals surface area contributed by atoms with Crippen molar-refractivity contribution in [3.05, 3.63) is 65.1 Å². The van der Waals surface area contributed by atoms with Crippen LogP contribution in [0.4, 0.5) is 0 Å². The summed E-state index contributed by atoms with van der Waals surface area (Å²) in [4.78, 5) is 19.5. The summed E-state index contributed by atoms with van der Waals surface area (Å²) in [5, 5.41) is 4.59. The number of piperidine rings is 1. The van der Waals surface area contributed by atoms with Crippen LogP contribution < -0.4 is 0 Å². The first kappa shape index (κ1) is 16.8. The summed E-state index contributed by atoms with van der Waals surface area (Å²) in [5.74, 6) is 0.189. The molecule has 5 nitrogen and oxygen atoms in total. The van der Waals surface area contributed by atoms with Crippen molar-refractivity contribution in [1.29, 1.82) is 0 Å². The van der Waals surface area contributed by atoms with Crippen LogP contribution >= 0.6 is 0 Å². The highest BCUT2D eigenvalue weighted by molar-refractivity contribution is 5.79. The lowest BCUT2D eigenvalue weighted by atomic mass is 9.97. The third kappa shape index (κ3) is 3.21. The molecule has 5 heteroatoms. The summed E-state index contributed by atoms with van der Waals surface area (Å²) in [6, 6.07) is 12.2. The number of carbonyl (C=O) groups excluding carboxylic acids is 1. The van der Waals surface area contributed by atoms with Gasteiger partial charge in [-0.05, 0) is 44.7 Å². The Morgan fingerprint density at radius 1 is 1.19 bits per heavy atom. The third-order valence-corrected chi connectivity index (χ3v) is 5.11. The second-order valence-corrected chi connectivity index (χ2v) is 7.19. The number of nitrogens with zero attached hydrogens (tertiary/aromatic N) is 4. The molecule has 0 bridgehead atoms. The van der Waals surface area contributed by atoms with E-state index in [9.17, 15) is 4.79 Å².